The van der Waals surface area contributed by atoms with E-state index in [-0.39, 0.29) is 0 Å². The number of rotatable bonds is 5. The van der Waals surface area contributed by atoms with Crippen LogP contribution in [0, 0.1) is 0 Å². The van der Waals surface area contributed by atoms with Crippen molar-refractivity contribution in [2.24, 2.45) is 0 Å². The number of nitrogens with zero attached hydrogens (tertiary/aromatic N) is 2. The van der Waals surface area contributed by atoms with Gasteiger partial charge in [0.2, 0.25) is 0 Å². The van der Waals surface area contributed by atoms with E-state index >= 15 is 0 Å². The van der Waals surface area contributed by atoms with Crippen LogP contribution in [0.25, 0.3) is 0 Å². The summed E-state index contributed by atoms with van der Waals surface area (Å²) >= 11 is 6.20. The molecule has 0 atom stereocenters. The summed E-state index contributed by atoms with van der Waals surface area (Å²) in [6.07, 6.45) is 2.64. The molecule has 0 radical (unpaired) electrons. The van der Waals surface area contributed by atoms with Crippen LogP contribution in [0.4, 0.5) is 5.69 Å². The highest BCUT2D eigenvalue weighted by Gasteiger charge is 2.23. The number of hydrogen-bond acceptors (Lipinski definition) is 3. The average molecular weight is 308 g/mol. The molecule has 1 saturated carbocycles. The minimum absolute atomic E-state index is 0.647. The van der Waals surface area contributed by atoms with Crippen LogP contribution in [0.15, 0.2) is 18.2 Å². The Kier molecular flexibility index (Phi) is 4.72. The molecule has 1 aromatic rings. The van der Waals surface area contributed by atoms with Gasteiger partial charge >= 0.3 is 0 Å². The molecule has 1 N–H and O–H groups in total. The molecule has 0 unspecified atom stereocenters. The van der Waals surface area contributed by atoms with Gasteiger partial charge in [0.25, 0.3) is 0 Å². The summed E-state index contributed by atoms with van der Waals surface area (Å²) in [6.45, 7) is 10.0. The Morgan fingerprint density at radius 2 is 1.90 bits per heavy atom. The molecule has 0 spiro atoms. The van der Waals surface area contributed by atoms with Crippen LogP contribution in [0.2, 0.25) is 5.02 Å². The first-order valence-corrected chi connectivity index (χ1v) is 8.52. The topological polar surface area (TPSA) is 18.5 Å². The highest BCUT2D eigenvalue weighted by molar-refractivity contribution is 6.30. The lowest BCUT2D eigenvalue weighted by molar-refractivity contribution is 0.209. The largest absolute Gasteiger partial charge is 0.369 e. The summed E-state index contributed by atoms with van der Waals surface area (Å²) in [6, 6.07) is 7.72. The van der Waals surface area contributed by atoms with E-state index in [1.807, 2.05) is 6.07 Å². The molecule has 1 aliphatic heterocycles. The number of anilines is 1. The van der Waals surface area contributed by atoms with Gasteiger partial charge < -0.3 is 10.2 Å². The second-order valence-electron chi connectivity index (χ2n) is 6.54. The Hall–Kier alpha value is -0.770. The predicted octanol–water partition coefficient (Wildman–Crippen LogP) is 3.12. The maximum atomic E-state index is 6.20. The summed E-state index contributed by atoms with van der Waals surface area (Å²) in [7, 11) is 0. The second-order valence-corrected chi connectivity index (χ2v) is 6.98. The van der Waals surface area contributed by atoms with E-state index in [1.165, 1.54) is 24.1 Å². The van der Waals surface area contributed by atoms with Gasteiger partial charge in [0, 0.05) is 55.5 Å². The van der Waals surface area contributed by atoms with Gasteiger partial charge in [0.05, 0.1) is 0 Å². The van der Waals surface area contributed by atoms with E-state index in [0.717, 1.165) is 43.8 Å². The van der Waals surface area contributed by atoms with E-state index < -0.39 is 0 Å². The Balaban J connectivity index is 1.68. The van der Waals surface area contributed by atoms with Gasteiger partial charge in [-0.2, -0.15) is 0 Å². The Labute approximate surface area is 133 Å². The van der Waals surface area contributed by atoms with Crippen LogP contribution < -0.4 is 10.2 Å². The number of piperazine rings is 1. The van der Waals surface area contributed by atoms with Crippen LogP contribution in [0.3, 0.4) is 0 Å². The predicted molar refractivity (Wildman–Crippen MR) is 90.2 cm³/mol. The van der Waals surface area contributed by atoms with Crippen molar-refractivity contribution in [3.63, 3.8) is 0 Å². The molecule has 1 aliphatic carbocycles. The van der Waals surface area contributed by atoms with Gasteiger partial charge in [-0.1, -0.05) is 11.6 Å². The summed E-state index contributed by atoms with van der Waals surface area (Å²) < 4.78 is 0. The summed E-state index contributed by atoms with van der Waals surface area (Å²) in [5, 5.41) is 4.45. The molecular formula is C17H26ClN3. The fourth-order valence-electron chi connectivity index (χ4n) is 3.03. The molecule has 21 heavy (non-hydrogen) atoms. The third-order valence-electron chi connectivity index (χ3n) is 4.59. The molecule has 1 heterocycles. The van der Waals surface area contributed by atoms with Crippen LogP contribution in [-0.4, -0.2) is 43.2 Å². The molecule has 4 heteroatoms. The van der Waals surface area contributed by atoms with Crippen molar-refractivity contribution in [3.05, 3.63) is 28.8 Å². The van der Waals surface area contributed by atoms with Crippen molar-refractivity contribution in [1.29, 1.82) is 0 Å². The Morgan fingerprint density at radius 3 is 2.52 bits per heavy atom. The van der Waals surface area contributed by atoms with Crippen molar-refractivity contribution in [3.8, 4) is 0 Å². The summed E-state index contributed by atoms with van der Waals surface area (Å²) in [5.74, 6) is 0. The molecule has 2 aliphatic rings. The van der Waals surface area contributed by atoms with Crippen molar-refractivity contribution in [2.45, 2.75) is 45.3 Å². The summed E-state index contributed by atoms with van der Waals surface area (Å²) in [5.41, 5.74) is 2.70. The average Bonchev–Trinajstić information content (AvgIpc) is 3.29. The molecule has 116 valence electrons. The standard InChI is InChI=1S/C17H26ClN3/c1-13(2)20-7-9-21(10-8-20)17-6-3-15(18)11-14(17)12-19-16-4-5-16/h3,6,11,13,16,19H,4-5,7-10,12H2,1-2H3. The zero-order valence-corrected chi connectivity index (χ0v) is 13.9. The monoisotopic (exact) mass is 307 g/mol. The minimum Gasteiger partial charge on any atom is -0.369 e. The van der Waals surface area contributed by atoms with Gasteiger partial charge in [-0.05, 0) is 50.5 Å². The molecule has 0 amide bonds. The Morgan fingerprint density at radius 1 is 1.19 bits per heavy atom. The molecule has 1 aromatic carbocycles. The summed E-state index contributed by atoms with van der Waals surface area (Å²) in [4.78, 5) is 5.06. The van der Waals surface area contributed by atoms with E-state index in [1.54, 1.807) is 0 Å². The highest BCUT2D eigenvalue weighted by atomic mass is 35.5. The number of hydrogen-bond donors (Lipinski definition) is 1. The number of benzene rings is 1. The van der Waals surface area contributed by atoms with E-state index in [2.05, 4.69) is 41.1 Å². The SMILES string of the molecule is CC(C)N1CCN(c2ccc(Cl)cc2CNC2CC2)CC1. The van der Waals surface area contributed by atoms with Gasteiger partial charge in [0.15, 0.2) is 0 Å². The van der Waals surface area contributed by atoms with Crippen LogP contribution in [-0.2, 0) is 6.54 Å². The van der Waals surface area contributed by atoms with E-state index in [0.29, 0.717) is 6.04 Å². The normalized spacial score (nSPS) is 20.3. The van der Waals surface area contributed by atoms with E-state index in [9.17, 15) is 0 Å². The zero-order chi connectivity index (χ0) is 14.8. The van der Waals surface area contributed by atoms with Crippen molar-refractivity contribution < 1.29 is 0 Å². The van der Waals surface area contributed by atoms with Crippen LogP contribution in [0.5, 0.6) is 0 Å². The quantitative estimate of drug-likeness (QED) is 0.901. The molecular weight excluding hydrogens is 282 g/mol. The molecule has 0 bridgehead atoms. The van der Waals surface area contributed by atoms with Gasteiger partial charge in [-0.15, -0.1) is 0 Å². The third-order valence-corrected chi connectivity index (χ3v) is 4.82. The minimum atomic E-state index is 0.647. The first-order valence-electron chi connectivity index (χ1n) is 8.14. The third kappa shape index (κ3) is 3.91. The molecule has 3 rings (SSSR count). The fraction of sp³-hybridized carbons (Fsp3) is 0.647. The first kappa shape index (κ1) is 15.1. The van der Waals surface area contributed by atoms with Crippen molar-refractivity contribution in [2.75, 3.05) is 31.1 Å². The van der Waals surface area contributed by atoms with Crippen LogP contribution >= 0.6 is 11.6 Å². The lowest BCUT2D eigenvalue weighted by Gasteiger charge is -2.39. The molecule has 1 saturated heterocycles. The van der Waals surface area contributed by atoms with Gasteiger partial charge in [0.1, 0.15) is 0 Å². The van der Waals surface area contributed by atoms with Gasteiger partial charge in [-0.3, -0.25) is 4.90 Å². The van der Waals surface area contributed by atoms with Gasteiger partial charge in [-0.25, -0.2) is 0 Å². The molecule has 2 fully saturated rings. The first-order chi connectivity index (χ1) is 10.1. The molecule has 0 aromatic heterocycles. The molecule has 3 nitrogen and oxygen atoms in total. The van der Waals surface area contributed by atoms with E-state index in [4.69, 9.17) is 11.6 Å². The number of nitrogens with one attached hydrogen (secondary N) is 1. The van der Waals surface area contributed by atoms with Crippen LogP contribution in [0.1, 0.15) is 32.3 Å². The zero-order valence-electron chi connectivity index (χ0n) is 13.1. The maximum absolute atomic E-state index is 6.20. The van der Waals surface area contributed by atoms with Crippen molar-refractivity contribution >= 4 is 17.3 Å². The van der Waals surface area contributed by atoms with Crippen molar-refractivity contribution in [1.82, 2.24) is 10.2 Å². The highest BCUT2D eigenvalue weighted by Crippen LogP contribution is 2.27. The maximum Gasteiger partial charge on any atom is 0.0413 e. The lowest BCUT2D eigenvalue weighted by Crippen LogP contribution is -2.49. The number of halogens is 1. The Bertz CT molecular complexity index is 477. The lowest BCUT2D eigenvalue weighted by atomic mass is 10.1. The fourth-order valence-corrected chi connectivity index (χ4v) is 3.22. The second kappa shape index (κ2) is 6.55. The smallest absolute Gasteiger partial charge is 0.0413 e.